The van der Waals surface area contributed by atoms with Gasteiger partial charge in [-0.15, -0.1) is 10.2 Å². The second kappa shape index (κ2) is 11.2. The Hall–Kier alpha value is -2.96. The van der Waals surface area contributed by atoms with Crippen molar-refractivity contribution in [1.29, 1.82) is 0 Å². The Balaban J connectivity index is 1.48. The normalized spacial score (nSPS) is 16.9. The summed E-state index contributed by atoms with van der Waals surface area (Å²) >= 11 is 0. The number of nitrogens with zero attached hydrogens (tertiary/aromatic N) is 4. The van der Waals surface area contributed by atoms with E-state index in [-0.39, 0.29) is 17.9 Å². The predicted octanol–water partition coefficient (Wildman–Crippen LogP) is 4.69. The van der Waals surface area contributed by atoms with E-state index in [1.807, 2.05) is 30.9 Å². The molecular formula is C28H39N5O2. The molecule has 7 nitrogen and oxygen atoms in total. The van der Waals surface area contributed by atoms with Crippen LogP contribution < -0.4 is 5.32 Å². The summed E-state index contributed by atoms with van der Waals surface area (Å²) in [6.45, 7) is 10.3. The van der Waals surface area contributed by atoms with E-state index in [0.29, 0.717) is 44.0 Å². The molecule has 0 unspecified atom stereocenters. The molecule has 0 bridgehead atoms. The van der Waals surface area contributed by atoms with Crippen molar-refractivity contribution in [3.63, 3.8) is 0 Å². The lowest BCUT2D eigenvalue weighted by Gasteiger charge is -2.23. The first-order valence-corrected chi connectivity index (χ1v) is 13.1. The molecule has 0 fully saturated rings. The maximum atomic E-state index is 13.2. The lowest BCUT2D eigenvalue weighted by Crippen LogP contribution is -2.35. The highest BCUT2D eigenvalue weighted by Crippen LogP contribution is 2.25. The number of carbonyl (C=O) groups is 2. The van der Waals surface area contributed by atoms with E-state index >= 15 is 0 Å². The van der Waals surface area contributed by atoms with E-state index < -0.39 is 0 Å². The van der Waals surface area contributed by atoms with E-state index in [1.54, 1.807) is 0 Å². The Kier molecular flexibility index (Phi) is 8.04. The van der Waals surface area contributed by atoms with Crippen molar-refractivity contribution < 1.29 is 9.59 Å². The molecule has 2 amide bonds. The van der Waals surface area contributed by atoms with Crippen molar-refractivity contribution >= 4 is 11.8 Å². The van der Waals surface area contributed by atoms with Crippen LogP contribution in [0.5, 0.6) is 0 Å². The van der Waals surface area contributed by atoms with Crippen LogP contribution in [0.3, 0.4) is 0 Å². The monoisotopic (exact) mass is 477 g/mol. The van der Waals surface area contributed by atoms with E-state index in [2.05, 4.69) is 46.1 Å². The van der Waals surface area contributed by atoms with Crippen molar-refractivity contribution in [2.24, 2.45) is 5.92 Å². The third-order valence-electron chi connectivity index (χ3n) is 6.98. The van der Waals surface area contributed by atoms with Crippen molar-refractivity contribution in [3.05, 3.63) is 58.2 Å². The zero-order valence-electron chi connectivity index (χ0n) is 21.6. The summed E-state index contributed by atoms with van der Waals surface area (Å²) in [5, 5.41) is 12.2. The fourth-order valence-corrected chi connectivity index (χ4v) is 5.27. The number of benzene rings is 1. The summed E-state index contributed by atoms with van der Waals surface area (Å²) in [7, 11) is 0. The molecular weight excluding hydrogens is 438 g/mol. The molecule has 1 aromatic heterocycles. The van der Waals surface area contributed by atoms with Gasteiger partial charge in [-0.25, -0.2) is 0 Å². The SMILES string of the molecule is Cc1cc(C)cc(C(=O)N[C@H](CC(C)C)c2nnc3n2CCN(C(=O)CC2=CCCCC2)CC3)c1. The average Bonchev–Trinajstić information content (AvgIpc) is 3.09. The topological polar surface area (TPSA) is 80.1 Å². The van der Waals surface area contributed by atoms with Gasteiger partial charge in [0, 0.05) is 38.0 Å². The number of nitrogens with one attached hydrogen (secondary N) is 1. The predicted molar refractivity (Wildman–Crippen MR) is 137 cm³/mol. The lowest BCUT2D eigenvalue weighted by molar-refractivity contribution is -0.130. The summed E-state index contributed by atoms with van der Waals surface area (Å²) in [5.41, 5.74) is 4.10. The Bertz CT molecular complexity index is 1080. The fourth-order valence-electron chi connectivity index (χ4n) is 5.27. The summed E-state index contributed by atoms with van der Waals surface area (Å²) in [6, 6.07) is 5.67. The van der Waals surface area contributed by atoms with Gasteiger partial charge in [0.15, 0.2) is 5.82 Å². The molecule has 1 aliphatic heterocycles. The van der Waals surface area contributed by atoms with Crippen LogP contribution in [-0.4, -0.2) is 44.6 Å². The van der Waals surface area contributed by atoms with Gasteiger partial charge in [-0.05, 0) is 64.0 Å². The number of aryl methyl sites for hydroxylation is 2. The van der Waals surface area contributed by atoms with Gasteiger partial charge in [-0.2, -0.15) is 0 Å². The third-order valence-corrected chi connectivity index (χ3v) is 6.98. The summed E-state index contributed by atoms with van der Waals surface area (Å²) in [6.07, 6.45) is 8.80. The zero-order valence-corrected chi connectivity index (χ0v) is 21.6. The molecule has 0 radical (unpaired) electrons. The Labute approximate surface area is 209 Å². The van der Waals surface area contributed by atoms with Crippen molar-refractivity contribution in [1.82, 2.24) is 25.0 Å². The molecule has 1 aromatic carbocycles. The number of allylic oxidation sites excluding steroid dienone is 1. The van der Waals surface area contributed by atoms with Gasteiger partial charge in [0.25, 0.3) is 5.91 Å². The van der Waals surface area contributed by atoms with E-state index in [1.165, 1.54) is 18.4 Å². The van der Waals surface area contributed by atoms with Gasteiger partial charge in [0.05, 0.1) is 6.04 Å². The molecule has 2 aromatic rings. The lowest BCUT2D eigenvalue weighted by atomic mass is 9.97. The van der Waals surface area contributed by atoms with E-state index in [4.69, 9.17) is 0 Å². The molecule has 0 saturated carbocycles. The Morgan fingerprint density at radius 3 is 2.46 bits per heavy atom. The van der Waals surface area contributed by atoms with Crippen LogP contribution in [0, 0.1) is 19.8 Å². The first-order valence-electron chi connectivity index (χ1n) is 13.1. The highest BCUT2D eigenvalue weighted by Gasteiger charge is 2.28. The first kappa shape index (κ1) is 25.1. The second-order valence-corrected chi connectivity index (χ2v) is 10.6. The largest absolute Gasteiger partial charge is 0.342 e. The van der Waals surface area contributed by atoms with Gasteiger partial charge in [-0.3, -0.25) is 9.59 Å². The van der Waals surface area contributed by atoms with Crippen LogP contribution in [0.25, 0.3) is 0 Å². The van der Waals surface area contributed by atoms with Crippen molar-refractivity contribution in [3.8, 4) is 0 Å². The van der Waals surface area contributed by atoms with Gasteiger partial charge in [0.2, 0.25) is 5.91 Å². The molecule has 1 aliphatic carbocycles. The highest BCUT2D eigenvalue weighted by molar-refractivity contribution is 5.94. The molecule has 2 aliphatic rings. The van der Waals surface area contributed by atoms with Crippen molar-refractivity contribution in [2.45, 2.75) is 85.2 Å². The van der Waals surface area contributed by atoms with Gasteiger partial charge < -0.3 is 14.8 Å². The Morgan fingerprint density at radius 1 is 1.00 bits per heavy atom. The number of carbonyl (C=O) groups excluding carboxylic acids is 2. The zero-order chi connectivity index (χ0) is 24.9. The van der Waals surface area contributed by atoms with Crippen LogP contribution in [-0.2, 0) is 17.8 Å². The smallest absolute Gasteiger partial charge is 0.251 e. The standard InChI is InChI=1S/C28H39N5O2/c1-19(2)14-24(29-28(35)23-16-20(3)15-21(4)17-23)27-31-30-25-10-11-32(12-13-33(25)27)26(34)18-22-8-6-5-7-9-22/h8,15-17,19,24H,5-7,9-14,18H2,1-4H3,(H,29,35)/t24-/m1/s1. The molecule has 35 heavy (non-hydrogen) atoms. The molecule has 1 N–H and O–H groups in total. The minimum absolute atomic E-state index is 0.0917. The van der Waals surface area contributed by atoms with Crippen LogP contribution in [0.15, 0.2) is 29.8 Å². The van der Waals surface area contributed by atoms with Gasteiger partial charge >= 0.3 is 0 Å². The van der Waals surface area contributed by atoms with Crippen LogP contribution in [0.1, 0.15) is 91.5 Å². The molecule has 7 heteroatoms. The molecule has 1 atom stereocenters. The number of fused-ring (bicyclic) bond motifs is 1. The third kappa shape index (κ3) is 6.38. The summed E-state index contributed by atoms with van der Waals surface area (Å²) < 4.78 is 2.13. The minimum atomic E-state index is -0.237. The average molecular weight is 478 g/mol. The summed E-state index contributed by atoms with van der Waals surface area (Å²) in [4.78, 5) is 28.1. The molecule has 2 heterocycles. The maximum Gasteiger partial charge on any atom is 0.251 e. The van der Waals surface area contributed by atoms with Gasteiger partial charge in [0.1, 0.15) is 5.82 Å². The van der Waals surface area contributed by atoms with E-state index in [9.17, 15) is 9.59 Å². The highest BCUT2D eigenvalue weighted by atomic mass is 16.2. The number of rotatable bonds is 7. The molecule has 0 spiro atoms. The van der Waals surface area contributed by atoms with E-state index in [0.717, 1.165) is 42.0 Å². The number of hydrogen-bond donors (Lipinski definition) is 1. The Morgan fingerprint density at radius 2 is 1.77 bits per heavy atom. The number of amides is 2. The van der Waals surface area contributed by atoms with Crippen LogP contribution in [0.2, 0.25) is 0 Å². The summed E-state index contributed by atoms with van der Waals surface area (Å²) in [5.74, 6) is 2.17. The van der Waals surface area contributed by atoms with Gasteiger partial charge in [-0.1, -0.05) is 42.7 Å². The second-order valence-electron chi connectivity index (χ2n) is 10.6. The van der Waals surface area contributed by atoms with Crippen molar-refractivity contribution in [2.75, 3.05) is 13.1 Å². The quantitative estimate of drug-likeness (QED) is 0.587. The van der Waals surface area contributed by atoms with Crippen LogP contribution >= 0.6 is 0 Å². The molecule has 188 valence electrons. The molecule has 0 saturated heterocycles. The number of hydrogen-bond acceptors (Lipinski definition) is 4. The maximum absolute atomic E-state index is 13.2. The fraction of sp³-hybridized carbons (Fsp3) is 0.571. The van der Waals surface area contributed by atoms with Crippen LogP contribution in [0.4, 0.5) is 0 Å². The minimum Gasteiger partial charge on any atom is -0.342 e. The molecule has 4 rings (SSSR count). The first-order chi connectivity index (χ1) is 16.8. The number of aromatic nitrogens is 3.